The third-order valence-corrected chi connectivity index (χ3v) is 5.84. The molecule has 0 aliphatic rings. The van der Waals surface area contributed by atoms with Crippen LogP contribution in [0, 0.1) is 0 Å². The molecule has 0 heterocycles. The Morgan fingerprint density at radius 3 is 2.39 bits per heavy atom. The maximum Gasteiger partial charge on any atom is 0.339 e. The molecule has 0 atom stereocenters. The third-order valence-electron chi connectivity index (χ3n) is 3.70. The lowest BCUT2D eigenvalue weighted by Gasteiger charge is -2.24. The third kappa shape index (κ3) is 4.71. The average Bonchev–Trinajstić information content (AvgIpc) is 2.66. The average molecular weight is 423 g/mol. The zero-order valence-corrected chi connectivity index (χ0v) is 16.9. The minimum absolute atomic E-state index is 0.0121. The van der Waals surface area contributed by atoms with Gasteiger partial charge in [-0.05, 0) is 42.5 Å². The number of rotatable bonds is 7. The number of carbonyl (C=O) groups is 2. The van der Waals surface area contributed by atoms with Gasteiger partial charge in [0.1, 0.15) is 0 Å². The molecule has 28 heavy (non-hydrogen) atoms. The van der Waals surface area contributed by atoms with E-state index in [2.05, 4.69) is 16.6 Å². The lowest BCUT2D eigenvalue weighted by molar-refractivity contribution is -0.114. The number of methoxy groups -OCH3 is 1. The van der Waals surface area contributed by atoms with Crippen molar-refractivity contribution >= 4 is 44.9 Å². The smallest absolute Gasteiger partial charge is 0.339 e. The first-order valence-corrected chi connectivity index (χ1v) is 9.91. The number of carbonyl (C=O) groups excluding carboxylic acids is 2. The van der Waals surface area contributed by atoms with E-state index in [-0.39, 0.29) is 33.6 Å². The van der Waals surface area contributed by atoms with E-state index in [1.807, 2.05) is 0 Å². The molecule has 0 unspecified atom stereocenters. The fourth-order valence-corrected chi connectivity index (χ4v) is 4.06. The maximum atomic E-state index is 13.1. The van der Waals surface area contributed by atoms with Gasteiger partial charge in [-0.25, -0.2) is 13.2 Å². The normalized spacial score (nSPS) is 10.8. The molecule has 0 aliphatic carbocycles. The fraction of sp³-hybridized carbons (Fsp3) is 0.158. The topological polar surface area (TPSA) is 92.8 Å². The summed E-state index contributed by atoms with van der Waals surface area (Å²) >= 11 is 6.02. The summed E-state index contributed by atoms with van der Waals surface area (Å²) in [5.41, 5.74) is 0.753. The summed E-state index contributed by atoms with van der Waals surface area (Å²) in [5.74, 6) is -0.942. The van der Waals surface area contributed by atoms with Crippen LogP contribution in [0.2, 0.25) is 5.02 Å². The molecule has 9 heteroatoms. The second-order valence-electron chi connectivity index (χ2n) is 5.69. The summed E-state index contributed by atoms with van der Waals surface area (Å²) in [6, 6.07) is 10.0. The zero-order valence-electron chi connectivity index (χ0n) is 15.3. The Labute approximate surface area is 168 Å². The first-order valence-electron chi connectivity index (χ1n) is 8.10. The number of hydrogen-bond acceptors (Lipinski definition) is 5. The molecular weight excluding hydrogens is 404 g/mol. The first kappa shape index (κ1) is 21.5. The Hall–Kier alpha value is -2.84. The summed E-state index contributed by atoms with van der Waals surface area (Å²) in [4.78, 5) is 23.0. The molecule has 0 radical (unpaired) electrons. The number of benzene rings is 2. The Morgan fingerprint density at radius 1 is 1.21 bits per heavy atom. The van der Waals surface area contributed by atoms with Crippen LogP contribution in [0.25, 0.3) is 0 Å². The van der Waals surface area contributed by atoms with E-state index in [1.54, 1.807) is 0 Å². The molecule has 2 aromatic carbocycles. The van der Waals surface area contributed by atoms with E-state index in [9.17, 15) is 18.0 Å². The van der Waals surface area contributed by atoms with Gasteiger partial charge in [0.05, 0.1) is 34.8 Å². The van der Waals surface area contributed by atoms with Gasteiger partial charge in [0, 0.05) is 12.6 Å². The van der Waals surface area contributed by atoms with Gasteiger partial charge in [-0.1, -0.05) is 17.7 Å². The van der Waals surface area contributed by atoms with Crippen molar-refractivity contribution in [2.45, 2.75) is 11.8 Å². The Balaban J connectivity index is 2.48. The van der Waals surface area contributed by atoms with Crippen LogP contribution < -0.4 is 9.62 Å². The summed E-state index contributed by atoms with van der Waals surface area (Å²) in [7, 11) is -2.76. The highest BCUT2D eigenvalue weighted by Crippen LogP contribution is 2.29. The standard InChI is InChI=1S/C19H19ClN2O5S/c1-4-11-22(15-7-10-18(20)17(12-15)19(24)27-3)28(25,26)16-8-5-14(6-9-16)21-13(2)23/h4-10,12H,1,11H2,2-3H3,(H,21,23). The number of ether oxygens (including phenoxy) is 1. The van der Waals surface area contributed by atoms with E-state index in [0.29, 0.717) is 5.69 Å². The first-order chi connectivity index (χ1) is 13.2. The second kappa shape index (κ2) is 8.90. The highest BCUT2D eigenvalue weighted by Gasteiger charge is 2.25. The largest absolute Gasteiger partial charge is 0.465 e. The van der Waals surface area contributed by atoms with Crippen molar-refractivity contribution in [3.63, 3.8) is 0 Å². The highest BCUT2D eigenvalue weighted by molar-refractivity contribution is 7.92. The summed E-state index contributed by atoms with van der Waals surface area (Å²) < 4.78 is 32.0. The van der Waals surface area contributed by atoms with Crippen LogP contribution in [-0.2, 0) is 19.6 Å². The molecule has 2 rings (SSSR count). The van der Waals surface area contributed by atoms with Gasteiger partial charge in [-0.2, -0.15) is 0 Å². The van der Waals surface area contributed by atoms with Gasteiger partial charge >= 0.3 is 5.97 Å². The molecule has 0 saturated heterocycles. The van der Waals surface area contributed by atoms with Crippen LogP contribution >= 0.6 is 11.6 Å². The Morgan fingerprint density at radius 2 is 1.86 bits per heavy atom. The molecule has 2 aromatic rings. The summed E-state index contributed by atoms with van der Waals surface area (Å²) in [5, 5.41) is 2.72. The molecule has 148 valence electrons. The number of nitrogens with zero attached hydrogens (tertiary/aromatic N) is 1. The molecule has 0 fully saturated rings. The van der Waals surface area contributed by atoms with Crippen LogP contribution in [0.5, 0.6) is 0 Å². The molecule has 7 nitrogen and oxygen atoms in total. The van der Waals surface area contributed by atoms with Crippen LogP contribution in [0.3, 0.4) is 0 Å². The van der Waals surface area contributed by atoms with E-state index in [0.717, 1.165) is 4.31 Å². The van der Waals surface area contributed by atoms with Crippen molar-refractivity contribution in [3.8, 4) is 0 Å². The quantitative estimate of drug-likeness (QED) is 0.544. The van der Waals surface area contributed by atoms with Gasteiger partial charge in [0.2, 0.25) is 5.91 Å². The number of halogens is 1. The molecule has 0 aromatic heterocycles. The van der Waals surface area contributed by atoms with Crippen molar-refractivity contribution in [3.05, 3.63) is 65.7 Å². The van der Waals surface area contributed by atoms with Crippen molar-refractivity contribution in [1.29, 1.82) is 0 Å². The molecule has 0 bridgehead atoms. The van der Waals surface area contributed by atoms with Gasteiger partial charge in [-0.15, -0.1) is 6.58 Å². The maximum absolute atomic E-state index is 13.1. The number of anilines is 2. The Kier molecular flexibility index (Phi) is 6.82. The zero-order chi connectivity index (χ0) is 20.9. The Bertz CT molecular complexity index is 1000. The molecule has 0 aliphatic heterocycles. The van der Waals surface area contributed by atoms with Gasteiger partial charge in [-0.3, -0.25) is 9.10 Å². The van der Waals surface area contributed by atoms with Crippen LogP contribution in [0.4, 0.5) is 11.4 Å². The number of amides is 1. The van der Waals surface area contributed by atoms with Crippen molar-refractivity contribution in [1.82, 2.24) is 0 Å². The minimum Gasteiger partial charge on any atom is -0.465 e. The molecule has 0 saturated carbocycles. The van der Waals surface area contributed by atoms with Crippen LogP contribution in [0.15, 0.2) is 60.0 Å². The van der Waals surface area contributed by atoms with Crippen molar-refractivity contribution in [2.75, 3.05) is 23.3 Å². The van der Waals surface area contributed by atoms with Crippen LogP contribution in [-0.4, -0.2) is 33.9 Å². The van der Waals surface area contributed by atoms with E-state index >= 15 is 0 Å². The lowest BCUT2D eigenvalue weighted by atomic mass is 10.2. The summed E-state index contributed by atoms with van der Waals surface area (Å²) in [6.45, 7) is 4.93. The van der Waals surface area contributed by atoms with E-state index < -0.39 is 16.0 Å². The second-order valence-corrected chi connectivity index (χ2v) is 7.96. The number of nitrogens with one attached hydrogen (secondary N) is 1. The molecule has 0 spiro atoms. The highest BCUT2D eigenvalue weighted by atomic mass is 35.5. The van der Waals surface area contributed by atoms with Gasteiger partial charge in [0.15, 0.2) is 0 Å². The van der Waals surface area contributed by atoms with Crippen LogP contribution in [0.1, 0.15) is 17.3 Å². The molecule has 1 N–H and O–H groups in total. The van der Waals surface area contributed by atoms with E-state index in [1.165, 1.54) is 62.6 Å². The minimum atomic E-state index is -3.97. The van der Waals surface area contributed by atoms with Gasteiger partial charge < -0.3 is 10.1 Å². The number of sulfonamides is 1. The predicted octanol–water partition coefficient (Wildman–Crippen LogP) is 3.47. The van der Waals surface area contributed by atoms with Crippen molar-refractivity contribution in [2.24, 2.45) is 0 Å². The lowest BCUT2D eigenvalue weighted by Crippen LogP contribution is -2.31. The molecule has 1 amide bonds. The monoisotopic (exact) mass is 422 g/mol. The van der Waals surface area contributed by atoms with Crippen molar-refractivity contribution < 1.29 is 22.7 Å². The predicted molar refractivity (Wildman–Crippen MR) is 108 cm³/mol. The fourth-order valence-electron chi connectivity index (χ4n) is 2.44. The SMILES string of the molecule is C=CCN(c1ccc(Cl)c(C(=O)OC)c1)S(=O)(=O)c1ccc(NC(C)=O)cc1. The molecular formula is C19H19ClN2O5S. The number of esters is 1. The van der Waals surface area contributed by atoms with E-state index in [4.69, 9.17) is 11.6 Å². The van der Waals surface area contributed by atoms with Gasteiger partial charge in [0.25, 0.3) is 10.0 Å². The number of hydrogen-bond donors (Lipinski definition) is 1. The summed E-state index contributed by atoms with van der Waals surface area (Å²) in [6.07, 6.45) is 1.43.